The molecule has 0 saturated heterocycles. The molecule has 0 fully saturated rings. The van der Waals surface area contributed by atoms with Gasteiger partial charge in [0.25, 0.3) is 0 Å². The lowest BCUT2D eigenvalue weighted by Gasteiger charge is -2.27. The van der Waals surface area contributed by atoms with Gasteiger partial charge in [0.1, 0.15) is 0 Å². The Balaban J connectivity index is 2.39. The first kappa shape index (κ1) is 11.3. The van der Waals surface area contributed by atoms with E-state index in [1.54, 1.807) is 6.07 Å². The predicted octanol–water partition coefficient (Wildman–Crippen LogP) is 2.28. The molecule has 0 aliphatic carbocycles. The summed E-state index contributed by atoms with van der Waals surface area (Å²) in [6, 6.07) is 4.15. The minimum atomic E-state index is -4.33. The number of hydrogen-bond donors (Lipinski definition) is 2. The van der Waals surface area contributed by atoms with Gasteiger partial charge in [-0.1, -0.05) is 12.1 Å². The molecule has 0 bridgehead atoms. The summed E-state index contributed by atoms with van der Waals surface area (Å²) < 4.78 is 38.0. The van der Waals surface area contributed by atoms with Gasteiger partial charge in [0, 0.05) is 24.8 Å². The lowest BCUT2D eigenvalue weighted by molar-refractivity contribution is -0.137. The third-order valence-electron chi connectivity index (χ3n) is 2.79. The fraction of sp³-hybridized carbons (Fsp3) is 0.455. The third-order valence-corrected chi connectivity index (χ3v) is 2.79. The normalized spacial score (nSPS) is 20.1. The van der Waals surface area contributed by atoms with Gasteiger partial charge in [-0.15, -0.1) is 0 Å². The molecule has 16 heavy (non-hydrogen) atoms. The number of hydrogen-bond acceptors (Lipinski definition) is 2. The largest absolute Gasteiger partial charge is 0.418 e. The second-order valence-electron chi connectivity index (χ2n) is 3.97. The average Bonchev–Trinajstić information content (AvgIpc) is 2.26. The first-order chi connectivity index (χ1) is 7.52. The number of rotatable bonds is 1. The van der Waals surface area contributed by atoms with Crippen LogP contribution in [0.25, 0.3) is 0 Å². The third kappa shape index (κ3) is 2.00. The average molecular weight is 231 g/mol. The maximum atomic E-state index is 12.7. The summed E-state index contributed by atoms with van der Waals surface area (Å²) in [7, 11) is 0. The molecule has 1 heterocycles. The first-order valence-electron chi connectivity index (χ1n) is 5.06. The van der Waals surface area contributed by atoms with E-state index >= 15 is 0 Å². The molecular formula is C11H12F3NO. The molecule has 0 saturated carbocycles. The molecule has 0 spiro atoms. The zero-order valence-electron chi connectivity index (χ0n) is 8.51. The maximum absolute atomic E-state index is 12.7. The molecule has 1 aliphatic heterocycles. The molecule has 0 radical (unpaired) electrons. The fourth-order valence-electron chi connectivity index (χ4n) is 1.97. The molecule has 1 atom stereocenters. The summed E-state index contributed by atoms with van der Waals surface area (Å²) in [6.07, 6.45) is -3.84. The minimum absolute atomic E-state index is 0.00372. The van der Waals surface area contributed by atoms with Crippen molar-refractivity contribution >= 4 is 5.69 Å². The van der Waals surface area contributed by atoms with Crippen LogP contribution < -0.4 is 5.32 Å². The van der Waals surface area contributed by atoms with Crippen LogP contribution in [0.2, 0.25) is 0 Å². The van der Waals surface area contributed by atoms with E-state index in [1.807, 2.05) is 0 Å². The summed E-state index contributed by atoms with van der Waals surface area (Å²) in [5, 5.41) is 11.7. The number of benzene rings is 1. The summed E-state index contributed by atoms with van der Waals surface area (Å²) in [5.74, 6) is -0.00372. The second kappa shape index (κ2) is 3.97. The second-order valence-corrected chi connectivity index (χ2v) is 3.97. The summed E-state index contributed by atoms with van der Waals surface area (Å²) in [5.41, 5.74) is 0.168. The molecule has 2 rings (SSSR count). The number of aliphatic hydroxyl groups is 1. The zero-order chi connectivity index (χ0) is 11.8. The van der Waals surface area contributed by atoms with E-state index in [9.17, 15) is 13.2 Å². The van der Waals surface area contributed by atoms with Crippen LogP contribution in [0.3, 0.4) is 0 Å². The van der Waals surface area contributed by atoms with Crippen molar-refractivity contribution < 1.29 is 18.3 Å². The Morgan fingerprint density at radius 2 is 2.12 bits per heavy atom. The van der Waals surface area contributed by atoms with E-state index < -0.39 is 11.7 Å². The monoisotopic (exact) mass is 231 g/mol. The number of anilines is 1. The van der Waals surface area contributed by atoms with Gasteiger partial charge < -0.3 is 10.4 Å². The molecule has 0 aromatic heterocycles. The topological polar surface area (TPSA) is 32.3 Å². The summed E-state index contributed by atoms with van der Waals surface area (Å²) in [6.45, 7) is 0.374. The van der Waals surface area contributed by atoms with Gasteiger partial charge in [-0.2, -0.15) is 13.2 Å². The Morgan fingerprint density at radius 1 is 1.38 bits per heavy atom. The molecule has 2 nitrogen and oxygen atoms in total. The molecule has 88 valence electrons. The highest BCUT2D eigenvalue weighted by atomic mass is 19.4. The molecule has 1 aromatic carbocycles. The van der Waals surface area contributed by atoms with Gasteiger partial charge in [0.05, 0.1) is 5.56 Å². The lowest BCUT2D eigenvalue weighted by atomic mass is 9.92. The fourth-order valence-corrected chi connectivity index (χ4v) is 1.97. The molecular weight excluding hydrogens is 219 g/mol. The Hall–Kier alpha value is -1.23. The van der Waals surface area contributed by atoms with E-state index in [-0.39, 0.29) is 18.2 Å². The number of aliphatic hydroxyl groups excluding tert-OH is 1. The predicted molar refractivity (Wildman–Crippen MR) is 54.2 cm³/mol. The van der Waals surface area contributed by atoms with Gasteiger partial charge in [-0.25, -0.2) is 0 Å². The Bertz CT molecular complexity index is 389. The van der Waals surface area contributed by atoms with E-state index in [1.165, 1.54) is 6.07 Å². The van der Waals surface area contributed by atoms with Gasteiger partial charge in [0.15, 0.2) is 0 Å². The standard InChI is InChI=1S/C11H12F3NO/c12-11(13,14)9-3-1-2-8-4-7(6-16)5-15-10(8)9/h1-3,7,15-16H,4-6H2. The van der Waals surface area contributed by atoms with E-state index in [0.717, 1.165) is 6.07 Å². The van der Waals surface area contributed by atoms with Crippen molar-refractivity contribution in [3.8, 4) is 0 Å². The number of alkyl halides is 3. The van der Waals surface area contributed by atoms with Crippen molar-refractivity contribution in [2.24, 2.45) is 5.92 Å². The Kier molecular flexibility index (Phi) is 2.80. The first-order valence-corrected chi connectivity index (χ1v) is 5.06. The number of para-hydroxylation sites is 1. The van der Waals surface area contributed by atoms with Crippen molar-refractivity contribution in [3.63, 3.8) is 0 Å². The SMILES string of the molecule is OCC1CNc2c(cccc2C(F)(F)F)C1. The van der Waals surface area contributed by atoms with E-state index in [4.69, 9.17) is 5.11 Å². The van der Waals surface area contributed by atoms with Crippen LogP contribution in [-0.4, -0.2) is 18.3 Å². The van der Waals surface area contributed by atoms with Crippen molar-refractivity contribution in [3.05, 3.63) is 29.3 Å². The van der Waals surface area contributed by atoms with Crippen molar-refractivity contribution in [1.29, 1.82) is 0 Å². The molecule has 5 heteroatoms. The summed E-state index contributed by atoms with van der Waals surface area (Å²) in [4.78, 5) is 0. The van der Waals surface area contributed by atoms with Gasteiger partial charge in [0.2, 0.25) is 0 Å². The molecule has 1 aromatic rings. The number of nitrogens with one attached hydrogen (secondary N) is 1. The van der Waals surface area contributed by atoms with Crippen LogP contribution in [-0.2, 0) is 12.6 Å². The molecule has 1 aliphatic rings. The van der Waals surface area contributed by atoms with Crippen LogP contribution in [0.1, 0.15) is 11.1 Å². The quantitative estimate of drug-likeness (QED) is 0.777. The smallest absolute Gasteiger partial charge is 0.396 e. The van der Waals surface area contributed by atoms with Crippen LogP contribution >= 0.6 is 0 Å². The minimum Gasteiger partial charge on any atom is -0.396 e. The lowest BCUT2D eigenvalue weighted by Crippen LogP contribution is -2.27. The van der Waals surface area contributed by atoms with Crippen LogP contribution in [0, 0.1) is 5.92 Å². The van der Waals surface area contributed by atoms with E-state index in [0.29, 0.717) is 18.5 Å². The highest BCUT2D eigenvalue weighted by Crippen LogP contribution is 2.38. The van der Waals surface area contributed by atoms with Crippen molar-refractivity contribution in [1.82, 2.24) is 0 Å². The van der Waals surface area contributed by atoms with E-state index in [2.05, 4.69) is 5.32 Å². The summed E-state index contributed by atoms with van der Waals surface area (Å²) >= 11 is 0. The van der Waals surface area contributed by atoms with Gasteiger partial charge in [-0.05, 0) is 18.1 Å². The molecule has 2 N–H and O–H groups in total. The number of fused-ring (bicyclic) bond motifs is 1. The van der Waals surface area contributed by atoms with Gasteiger partial charge >= 0.3 is 6.18 Å². The maximum Gasteiger partial charge on any atom is 0.418 e. The Morgan fingerprint density at radius 3 is 2.75 bits per heavy atom. The molecule has 0 amide bonds. The van der Waals surface area contributed by atoms with Gasteiger partial charge in [-0.3, -0.25) is 0 Å². The Labute approximate surface area is 91.1 Å². The highest BCUT2D eigenvalue weighted by molar-refractivity contribution is 5.60. The van der Waals surface area contributed by atoms with Crippen LogP contribution in [0.15, 0.2) is 18.2 Å². The highest BCUT2D eigenvalue weighted by Gasteiger charge is 2.35. The van der Waals surface area contributed by atoms with Crippen LogP contribution in [0.5, 0.6) is 0 Å². The number of halogens is 3. The zero-order valence-corrected chi connectivity index (χ0v) is 8.51. The molecule has 1 unspecified atom stereocenters. The van der Waals surface area contributed by atoms with Crippen molar-refractivity contribution in [2.45, 2.75) is 12.6 Å². The van der Waals surface area contributed by atoms with Crippen LogP contribution in [0.4, 0.5) is 18.9 Å². The van der Waals surface area contributed by atoms with Crippen molar-refractivity contribution in [2.75, 3.05) is 18.5 Å².